The van der Waals surface area contributed by atoms with Gasteiger partial charge in [-0.2, -0.15) is 4.39 Å². The summed E-state index contributed by atoms with van der Waals surface area (Å²) in [5.74, 6) is -0.682. The predicted octanol–water partition coefficient (Wildman–Crippen LogP) is 4.82. The van der Waals surface area contributed by atoms with Crippen LogP contribution in [0.1, 0.15) is 22.3 Å². The molecule has 0 saturated heterocycles. The highest BCUT2D eigenvalue weighted by Gasteiger charge is 2.19. The van der Waals surface area contributed by atoms with Gasteiger partial charge in [-0.15, -0.1) is 11.3 Å². The van der Waals surface area contributed by atoms with Crippen LogP contribution in [0.25, 0.3) is 10.6 Å². The Bertz CT molecular complexity index is 1030. The fourth-order valence-corrected chi connectivity index (χ4v) is 3.48. The summed E-state index contributed by atoms with van der Waals surface area (Å²) >= 11 is 1.20. The number of anilines is 1. The van der Waals surface area contributed by atoms with Crippen LogP contribution in [0.2, 0.25) is 0 Å². The third-order valence-corrected chi connectivity index (χ3v) is 5.02. The molecule has 1 aromatic heterocycles. The zero-order valence-corrected chi connectivity index (χ0v) is 15.9. The molecule has 0 saturated carbocycles. The van der Waals surface area contributed by atoms with Crippen LogP contribution < -0.4 is 10.1 Å². The zero-order chi connectivity index (χ0) is 20.3. The SMILES string of the molecule is CCOc1ccc(-c2nc(C)c(C(=O)Nc3ccc(F)c([N+](=O)[O-])c3)s2)cc1. The van der Waals surface area contributed by atoms with Gasteiger partial charge in [0, 0.05) is 17.3 Å². The number of amides is 1. The number of nitrogens with zero attached hydrogens (tertiary/aromatic N) is 2. The minimum Gasteiger partial charge on any atom is -0.494 e. The minimum atomic E-state index is -0.963. The Morgan fingerprint density at radius 3 is 2.64 bits per heavy atom. The van der Waals surface area contributed by atoms with Gasteiger partial charge < -0.3 is 10.1 Å². The molecule has 1 heterocycles. The lowest BCUT2D eigenvalue weighted by Gasteiger charge is -2.04. The number of nitro benzene ring substituents is 1. The van der Waals surface area contributed by atoms with Crippen molar-refractivity contribution in [2.75, 3.05) is 11.9 Å². The standard InChI is InChI=1S/C19H16FN3O4S/c1-3-27-14-7-4-12(5-8-14)19-21-11(2)17(28-19)18(24)22-13-6-9-15(20)16(10-13)23(25)26/h4-10H,3H2,1-2H3,(H,22,24). The van der Waals surface area contributed by atoms with Crippen molar-refractivity contribution in [3.8, 4) is 16.3 Å². The maximum absolute atomic E-state index is 13.4. The maximum atomic E-state index is 13.4. The minimum absolute atomic E-state index is 0.133. The van der Waals surface area contributed by atoms with E-state index in [2.05, 4.69) is 10.3 Å². The summed E-state index contributed by atoms with van der Waals surface area (Å²) in [5.41, 5.74) is 0.804. The van der Waals surface area contributed by atoms with E-state index < -0.39 is 22.3 Å². The molecule has 0 bridgehead atoms. The number of hydrogen-bond donors (Lipinski definition) is 1. The number of nitrogens with one attached hydrogen (secondary N) is 1. The van der Waals surface area contributed by atoms with Crippen LogP contribution in [0, 0.1) is 22.9 Å². The molecule has 0 aliphatic carbocycles. The lowest BCUT2D eigenvalue weighted by atomic mass is 10.2. The number of aromatic nitrogens is 1. The van der Waals surface area contributed by atoms with E-state index in [4.69, 9.17) is 4.74 Å². The molecule has 2 aromatic carbocycles. The molecular formula is C19H16FN3O4S. The van der Waals surface area contributed by atoms with E-state index in [0.717, 1.165) is 23.4 Å². The smallest absolute Gasteiger partial charge is 0.306 e. The van der Waals surface area contributed by atoms with Gasteiger partial charge in [0.1, 0.15) is 15.6 Å². The van der Waals surface area contributed by atoms with E-state index >= 15 is 0 Å². The lowest BCUT2D eigenvalue weighted by molar-refractivity contribution is -0.387. The van der Waals surface area contributed by atoms with Crippen molar-refractivity contribution in [2.45, 2.75) is 13.8 Å². The Morgan fingerprint density at radius 2 is 2.00 bits per heavy atom. The molecule has 0 fully saturated rings. The van der Waals surface area contributed by atoms with Gasteiger partial charge in [-0.1, -0.05) is 0 Å². The molecule has 0 aliphatic rings. The molecule has 9 heteroatoms. The van der Waals surface area contributed by atoms with Gasteiger partial charge in [0.2, 0.25) is 5.82 Å². The third kappa shape index (κ3) is 4.15. The molecule has 28 heavy (non-hydrogen) atoms. The van der Waals surface area contributed by atoms with Crippen LogP contribution >= 0.6 is 11.3 Å². The second-order valence-electron chi connectivity index (χ2n) is 5.77. The van der Waals surface area contributed by atoms with Crippen LogP contribution in [0.5, 0.6) is 5.75 Å². The highest BCUT2D eigenvalue weighted by atomic mass is 32.1. The van der Waals surface area contributed by atoms with Gasteiger partial charge >= 0.3 is 5.69 Å². The molecule has 144 valence electrons. The topological polar surface area (TPSA) is 94.4 Å². The molecule has 1 N–H and O–H groups in total. The first-order valence-electron chi connectivity index (χ1n) is 8.35. The van der Waals surface area contributed by atoms with Gasteiger partial charge in [0.15, 0.2) is 0 Å². The molecule has 7 nitrogen and oxygen atoms in total. The van der Waals surface area contributed by atoms with Gasteiger partial charge in [-0.3, -0.25) is 14.9 Å². The number of aryl methyl sites for hydroxylation is 1. The molecule has 0 unspecified atom stereocenters. The number of benzene rings is 2. The second kappa shape index (κ2) is 8.13. The average molecular weight is 401 g/mol. The van der Waals surface area contributed by atoms with Gasteiger partial charge in [0.05, 0.1) is 17.2 Å². The summed E-state index contributed by atoms with van der Waals surface area (Å²) in [5, 5.41) is 14.1. The van der Waals surface area contributed by atoms with Crippen LogP contribution in [-0.4, -0.2) is 22.4 Å². The Morgan fingerprint density at radius 1 is 1.29 bits per heavy atom. The first-order chi connectivity index (χ1) is 13.4. The highest BCUT2D eigenvalue weighted by Crippen LogP contribution is 2.30. The summed E-state index contributed by atoms with van der Waals surface area (Å²) in [7, 11) is 0. The monoisotopic (exact) mass is 401 g/mol. The molecule has 0 radical (unpaired) electrons. The summed E-state index contributed by atoms with van der Waals surface area (Å²) in [6.45, 7) is 4.18. The number of rotatable bonds is 6. The molecule has 1 amide bonds. The summed E-state index contributed by atoms with van der Waals surface area (Å²) in [6.07, 6.45) is 0. The van der Waals surface area contributed by atoms with Crippen molar-refractivity contribution >= 4 is 28.6 Å². The number of hydrogen-bond acceptors (Lipinski definition) is 6. The second-order valence-corrected chi connectivity index (χ2v) is 6.77. The molecule has 0 aliphatic heterocycles. The van der Waals surface area contributed by atoms with E-state index in [-0.39, 0.29) is 5.69 Å². The highest BCUT2D eigenvalue weighted by molar-refractivity contribution is 7.17. The Kier molecular flexibility index (Phi) is 5.65. The van der Waals surface area contributed by atoms with Gasteiger partial charge in [0.25, 0.3) is 5.91 Å². The van der Waals surface area contributed by atoms with Gasteiger partial charge in [-0.05, 0) is 50.2 Å². The predicted molar refractivity (Wildman–Crippen MR) is 104 cm³/mol. The number of ether oxygens (including phenoxy) is 1. The molecule has 0 atom stereocenters. The van der Waals surface area contributed by atoms with Crippen molar-refractivity contribution in [1.29, 1.82) is 0 Å². The first kappa shape index (κ1) is 19.4. The van der Waals surface area contributed by atoms with E-state index in [1.54, 1.807) is 6.92 Å². The quantitative estimate of drug-likeness (QED) is 0.472. The van der Waals surface area contributed by atoms with Crippen molar-refractivity contribution in [3.05, 3.63) is 69.0 Å². The third-order valence-electron chi connectivity index (χ3n) is 3.82. The molecule has 0 spiro atoms. The fourth-order valence-electron chi connectivity index (χ4n) is 2.51. The first-order valence-corrected chi connectivity index (χ1v) is 9.16. The number of halogens is 1. The number of thiazole rings is 1. The fraction of sp³-hybridized carbons (Fsp3) is 0.158. The largest absolute Gasteiger partial charge is 0.494 e. The molecule has 3 rings (SSSR count). The van der Waals surface area contributed by atoms with Crippen LogP contribution in [0.4, 0.5) is 15.8 Å². The van der Waals surface area contributed by atoms with E-state index in [0.29, 0.717) is 22.2 Å². The van der Waals surface area contributed by atoms with Crippen molar-refractivity contribution in [1.82, 2.24) is 4.98 Å². The van der Waals surface area contributed by atoms with Crippen LogP contribution in [0.3, 0.4) is 0 Å². The van der Waals surface area contributed by atoms with E-state index in [1.165, 1.54) is 17.4 Å². The van der Waals surface area contributed by atoms with Crippen molar-refractivity contribution < 1.29 is 18.8 Å². The summed E-state index contributed by atoms with van der Waals surface area (Å²) < 4.78 is 18.9. The maximum Gasteiger partial charge on any atom is 0.306 e. The average Bonchev–Trinajstić information content (AvgIpc) is 3.06. The Balaban J connectivity index is 1.81. The molecular weight excluding hydrogens is 385 g/mol. The lowest BCUT2D eigenvalue weighted by Crippen LogP contribution is -2.11. The summed E-state index contributed by atoms with van der Waals surface area (Å²) in [6, 6.07) is 10.6. The van der Waals surface area contributed by atoms with Crippen molar-refractivity contribution in [2.24, 2.45) is 0 Å². The number of nitro groups is 1. The number of carbonyl (C=O) groups is 1. The Labute approximate surface area is 164 Å². The normalized spacial score (nSPS) is 10.5. The van der Waals surface area contributed by atoms with Crippen LogP contribution in [0.15, 0.2) is 42.5 Å². The molecule has 3 aromatic rings. The Hall–Kier alpha value is -3.33. The van der Waals surface area contributed by atoms with Gasteiger partial charge in [-0.25, -0.2) is 4.98 Å². The van der Waals surface area contributed by atoms with Crippen LogP contribution in [-0.2, 0) is 0 Å². The van der Waals surface area contributed by atoms with E-state index in [1.807, 2.05) is 31.2 Å². The number of carbonyl (C=O) groups excluding carboxylic acids is 1. The van der Waals surface area contributed by atoms with E-state index in [9.17, 15) is 19.3 Å². The summed E-state index contributed by atoms with van der Waals surface area (Å²) in [4.78, 5) is 27.4. The van der Waals surface area contributed by atoms with Crippen molar-refractivity contribution in [3.63, 3.8) is 0 Å². The zero-order valence-electron chi connectivity index (χ0n) is 15.1.